The number of alkyl carbamates (subject to hydrolysis) is 1. The summed E-state index contributed by atoms with van der Waals surface area (Å²) in [7, 11) is 0. The number of nitrogens with one attached hydrogen (secondary N) is 2. The number of carboxylic acid groups (broad SMARTS) is 1. The summed E-state index contributed by atoms with van der Waals surface area (Å²) < 4.78 is 5.44. The van der Waals surface area contributed by atoms with Gasteiger partial charge in [-0.15, -0.1) is 0 Å². The van der Waals surface area contributed by atoms with Gasteiger partial charge in [0.2, 0.25) is 5.91 Å². The van der Waals surface area contributed by atoms with E-state index in [1.165, 1.54) is 12.2 Å². The highest BCUT2D eigenvalue weighted by Crippen LogP contribution is 2.44. The Morgan fingerprint density at radius 1 is 1.00 bits per heavy atom. The summed E-state index contributed by atoms with van der Waals surface area (Å²) in [6, 6.07) is 16.2. The summed E-state index contributed by atoms with van der Waals surface area (Å²) in [5, 5.41) is 14.5. The van der Waals surface area contributed by atoms with Crippen LogP contribution in [0.2, 0.25) is 0 Å². The van der Waals surface area contributed by atoms with E-state index in [9.17, 15) is 19.5 Å². The first-order valence-electron chi connectivity index (χ1n) is 10.8. The Kier molecular flexibility index (Phi) is 6.25. The van der Waals surface area contributed by atoms with Gasteiger partial charge in [-0.2, -0.15) is 0 Å². The smallest absolute Gasteiger partial charge is 0.407 e. The van der Waals surface area contributed by atoms with Gasteiger partial charge in [-0.25, -0.2) is 4.79 Å². The molecule has 166 valence electrons. The molecular weight excluding hydrogens is 408 g/mol. The van der Waals surface area contributed by atoms with Gasteiger partial charge < -0.3 is 20.5 Å². The monoisotopic (exact) mass is 434 g/mol. The highest BCUT2D eigenvalue weighted by molar-refractivity contribution is 5.88. The maximum Gasteiger partial charge on any atom is 0.407 e. The van der Waals surface area contributed by atoms with Crippen LogP contribution in [0.1, 0.15) is 36.3 Å². The molecule has 2 aromatic carbocycles. The van der Waals surface area contributed by atoms with Crippen LogP contribution in [-0.2, 0) is 14.3 Å². The molecule has 2 aliphatic carbocycles. The summed E-state index contributed by atoms with van der Waals surface area (Å²) in [6.07, 6.45) is 4.26. The van der Waals surface area contributed by atoms with Crippen molar-refractivity contribution in [3.63, 3.8) is 0 Å². The molecule has 0 unspecified atom stereocenters. The van der Waals surface area contributed by atoms with Crippen molar-refractivity contribution in [1.29, 1.82) is 0 Å². The summed E-state index contributed by atoms with van der Waals surface area (Å²) in [5.41, 5.74) is 3.78. The van der Waals surface area contributed by atoms with Crippen molar-refractivity contribution in [2.24, 2.45) is 5.41 Å². The zero-order chi connectivity index (χ0) is 22.6. The van der Waals surface area contributed by atoms with E-state index < -0.39 is 17.5 Å². The van der Waals surface area contributed by atoms with Crippen LogP contribution < -0.4 is 10.6 Å². The number of ether oxygens (including phenoxy) is 1. The lowest BCUT2D eigenvalue weighted by Gasteiger charge is -2.37. The first-order chi connectivity index (χ1) is 15.5. The predicted molar refractivity (Wildman–Crippen MR) is 119 cm³/mol. The molecular formula is C25H26N2O5. The second-order valence-electron chi connectivity index (χ2n) is 8.27. The molecule has 0 bridgehead atoms. The van der Waals surface area contributed by atoms with Crippen molar-refractivity contribution < 1.29 is 24.2 Å². The van der Waals surface area contributed by atoms with E-state index in [4.69, 9.17) is 4.74 Å². The average Bonchev–Trinajstić information content (AvgIpc) is 3.08. The fourth-order valence-corrected chi connectivity index (χ4v) is 4.34. The zero-order valence-corrected chi connectivity index (χ0v) is 17.7. The topological polar surface area (TPSA) is 105 Å². The van der Waals surface area contributed by atoms with Crippen LogP contribution in [0.4, 0.5) is 4.79 Å². The third-order valence-electron chi connectivity index (χ3n) is 6.34. The molecule has 2 aromatic rings. The van der Waals surface area contributed by atoms with Crippen LogP contribution in [-0.4, -0.2) is 42.8 Å². The van der Waals surface area contributed by atoms with Crippen molar-refractivity contribution >= 4 is 18.0 Å². The molecule has 3 N–H and O–H groups in total. The van der Waals surface area contributed by atoms with Gasteiger partial charge in [0, 0.05) is 25.1 Å². The number of hydrogen-bond acceptors (Lipinski definition) is 4. The molecule has 1 fully saturated rings. The maximum absolute atomic E-state index is 12.1. The molecule has 4 rings (SSSR count). The summed E-state index contributed by atoms with van der Waals surface area (Å²) in [4.78, 5) is 35.3. The molecule has 32 heavy (non-hydrogen) atoms. The Hall–Kier alpha value is -3.61. The summed E-state index contributed by atoms with van der Waals surface area (Å²) >= 11 is 0. The van der Waals surface area contributed by atoms with Crippen LogP contribution in [0.15, 0.2) is 60.7 Å². The van der Waals surface area contributed by atoms with E-state index in [0.29, 0.717) is 12.8 Å². The second-order valence-corrected chi connectivity index (χ2v) is 8.27. The molecule has 7 nitrogen and oxygen atoms in total. The highest BCUT2D eigenvalue weighted by Gasteiger charge is 2.44. The zero-order valence-electron chi connectivity index (χ0n) is 17.7. The molecule has 2 amide bonds. The largest absolute Gasteiger partial charge is 0.481 e. The van der Waals surface area contributed by atoms with E-state index >= 15 is 0 Å². The van der Waals surface area contributed by atoms with Crippen LogP contribution in [0, 0.1) is 5.41 Å². The number of carbonyl (C=O) groups excluding carboxylic acids is 2. The lowest BCUT2D eigenvalue weighted by atomic mass is 9.69. The Balaban J connectivity index is 1.22. The summed E-state index contributed by atoms with van der Waals surface area (Å²) in [6.45, 7) is 0.473. The molecule has 0 radical (unpaired) electrons. The van der Waals surface area contributed by atoms with Crippen molar-refractivity contribution in [3.05, 3.63) is 71.8 Å². The van der Waals surface area contributed by atoms with Crippen molar-refractivity contribution in [1.82, 2.24) is 10.6 Å². The SMILES string of the molecule is O=C(/C=C/CNC(=O)OCC1c2ccccc2-c2ccccc21)NCC1(C(=O)O)CCC1. The second kappa shape index (κ2) is 9.26. The Morgan fingerprint density at radius 3 is 2.19 bits per heavy atom. The number of rotatable bonds is 8. The predicted octanol–water partition coefficient (Wildman–Crippen LogP) is 3.45. The highest BCUT2D eigenvalue weighted by atomic mass is 16.5. The van der Waals surface area contributed by atoms with Gasteiger partial charge in [0.25, 0.3) is 0 Å². The standard InChI is InChI=1S/C25H26N2O5/c28-22(27-16-25(23(29)30)12-6-13-25)11-5-14-26-24(31)32-15-21-19-9-3-1-7-17(19)18-8-2-4-10-20(18)21/h1-5,7-11,21H,6,12-16H2,(H,26,31)(H,27,28)(H,29,30)/b11-5+. The lowest BCUT2D eigenvalue weighted by Crippen LogP contribution is -2.47. The van der Waals surface area contributed by atoms with Crippen LogP contribution in [0.25, 0.3) is 11.1 Å². The van der Waals surface area contributed by atoms with Gasteiger partial charge >= 0.3 is 12.1 Å². The minimum Gasteiger partial charge on any atom is -0.481 e. The van der Waals surface area contributed by atoms with Gasteiger partial charge in [0.05, 0.1) is 5.41 Å². The molecule has 7 heteroatoms. The molecule has 0 aliphatic heterocycles. The Morgan fingerprint density at radius 2 is 1.62 bits per heavy atom. The molecule has 0 atom stereocenters. The average molecular weight is 434 g/mol. The van der Waals surface area contributed by atoms with E-state index in [-0.39, 0.29) is 31.5 Å². The minimum atomic E-state index is -0.870. The first-order valence-corrected chi connectivity index (χ1v) is 10.8. The van der Waals surface area contributed by atoms with Crippen molar-refractivity contribution in [2.75, 3.05) is 19.7 Å². The molecule has 0 saturated heterocycles. The van der Waals surface area contributed by atoms with Crippen LogP contribution in [0.5, 0.6) is 0 Å². The number of carbonyl (C=O) groups is 3. The van der Waals surface area contributed by atoms with Gasteiger partial charge in [-0.1, -0.05) is 61.0 Å². The summed E-state index contributed by atoms with van der Waals surface area (Å²) in [5.74, 6) is -1.26. The quantitative estimate of drug-likeness (QED) is 0.552. The van der Waals surface area contributed by atoms with Crippen LogP contribution in [0.3, 0.4) is 0 Å². The third kappa shape index (κ3) is 4.37. The van der Waals surface area contributed by atoms with Gasteiger partial charge in [-0.3, -0.25) is 9.59 Å². The van der Waals surface area contributed by atoms with E-state index in [2.05, 4.69) is 34.9 Å². The molecule has 0 aromatic heterocycles. The fraction of sp³-hybridized carbons (Fsp3) is 0.320. The number of amides is 2. The molecule has 1 saturated carbocycles. The number of hydrogen-bond donors (Lipinski definition) is 3. The lowest BCUT2D eigenvalue weighted by molar-refractivity contribution is -0.154. The van der Waals surface area contributed by atoms with E-state index in [0.717, 1.165) is 28.7 Å². The molecule has 2 aliphatic rings. The molecule has 0 heterocycles. The van der Waals surface area contributed by atoms with E-state index in [1.807, 2.05) is 24.3 Å². The van der Waals surface area contributed by atoms with E-state index in [1.54, 1.807) is 0 Å². The fourth-order valence-electron chi connectivity index (χ4n) is 4.34. The molecule has 0 spiro atoms. The Bertz CT molecular complexity index is 1010. The number of fused-ring (bicyclic) bond motifs is 3. The van der Waals surface area contributed by atoms with Gasteiger partial charge in [0.15, 0.2) is 0 Å². The van der Waals surface area contributed by atoms with Crippen LogP contribution >= 0.6 is 0 Å². The van der Waals surface area contributed by atoms with Crippen molar-refractivity contribution in [2.45, 2.75) is 25.2 Å². The van der Waals surface area contributed by atoms with Crippen molar-refractivity contribution in [3.8, 4) is 11.1 Å². The maximum atomic E-state index is 12.1. The number of aliphatic carboxylic acids is 1. The third-order valence-corrected chi connectivity index (χ3v) is 6.34. The van der Waals surface area contributed by atoms with Gasteiger partial charge in [-0.05, 0) is 35.1 Å². The normalized spacial score (nSPS) is 16.0. The number of benzene rings is 2. The first kappa shape index (κ1) is 21.6. The Labute approximate surface area is 186 Å². The number of carboxylic acids is 1. The minimum absolute atomic E-state index is 0.0115. The van der Waals surface area contributed by atoms with Gasteiger partial charge in [0.1, 0.15) is 6.61 Å².